The minimum absolute atomic E-state index is 0.0378. The molecule has 0 aromatic carbocycles. The van der Waals surface area contributed by atoms with Crippen LogP contribution in [0.15, 0.2) is 29.8 Å². The van der Waals surface area contributed by atoms with Gasteiger partial charge in [-0.05, 0) is 25.0 Å². The molecule has 0 bridgehead atoms. The third-order valence-corrected chi connectivity index (χ3v) is 5.44. The largest absolute Gasteiger partial charge is 0.334 e. The maximum Gasteiger partial charge on any atom is 0.229 e. The number of rotatable bonds is 3. The van der Waals surface area contributed by atoms with Crippen LogP contribution in [-0.2, 0) is 16.6 Å². The number of hydrogen-bond acceptors (Lipinski definition) is 4. The number of amides is 1. The zero-order valence-electron chi connectivity index (χ0n) is 14.0. The Morgan fingerprint density at radius 3 is 2.87 bits per heavy atom. The second-order valence-electron chi connectivity index (χ2n) is 7.07. The van der Waals surface area contributed by atoms with Gasteiger partial charge in [0, 0.05) is 23.5 Å². The first-order valence-electron chi connectivity index (χ1n) is 8.10. The van der Waals surface area contributed by atoms with E-state index in [2.05, 4.69) is 30.7 Å². The van der Waals surface area contributed by atoms with Gasteiger partial charge in [0.2, 0.25) is 5.91 Å². The van der Waals surface area contributed by atoms with Crippen LogP contribution in [0.1, 0.15) is 56.1 Å². The number of thiazole rings is 1. The maximum absolute atomic E-state index is 12.7. The van der Waals surface area contributed by atoms with E-state index in [-0.39, 0.29) is 17.4 Å². The van der Waals surface area contributed by atoms with Crippen molar-refractivity contribution in [1.82, 2.24) is 14.9 Å². The summed E-state index contributed by atoms with van der Waals surface area (Å²) in [6.45, 7) is 7.26. The Morgan fingerprint density at radius 2 is 2.22 bits per heavy atom. The lowest BCUT2D eigenvalue weighted by Crippen LogP contribution is -2.32. The zero-order chi connectivity index (χ0) is 16.4. The fourth-order valence-electron chi connectivity index (χ4n) is 2.93. The smallest absolute Gasteiger partial charge is 0.229 e. The third-order valence-electron chi connectivity index (χ3n) is 4.13. The lowest BCUT2D eigenvalue weighted by atomic mass is 9.98. The van der Waals surface area contributed by atoms with Gasteiger partial charge < -0.3 is 4.90 Å². The first kappa shape index (κ1) is 16.1. The Hall–Kier alpha value is -1.75. The minimum Gasteiger partial charge on any atom is -0.334 e. The molecule has 122 valence electrons. The topological polar surface area (TPSA) is 46.1 Å². The van der Waals surface area contributed by atoms with Crippen molar-refractivity contribution >= 4 is 17.2 Å². The van der Waals surface area contributed by atoms with Crippen LogP contribution in [0.4, 0.5) is 0 Å². The zero-order valence-corrected chi connectivity index (χ0v) is 14.8. The molecule has 0 aliphatic carbocycles. The van der Waals surface area contributed by atoms with Gasteiger partial charge in [0.1, 0.15) is 0 Å². The van der Waals surface area contributed by atoms with Gasteiger partial charge in [0.05, 0.1) is 28.9 Å². The van der Waals surface area contributed by atoms with Crippen molar-refractivity contribution in [1.29, 1.82) is 0 Å². The molecule has 1 atom stereocenters. The molecule has 3 rings (SSSR count). The molecule has 0 spiro atoms. The summed E-state index contributed by atoms with van der Waals surface area (Å²) in [5.74, 6) is 0.156. The van der Waals surface area contributed by atoms with Crippen LogP contribution in [-0.4, -0.2) is 27.3 Å². The molecule has 2 aromatic rings. The van der Waals surface area contributed by atoms with Crippen molar-refractivity contribution in [2.45, 2.75) is 51.5 Å². The molecule has 4 nitrogen and oxygen atoms in total. The molecule has 3 heterocycles. The lowest BCUT2D eigenvalue weighted by molar-refractivity contribution is -0.131. The summed E-state index contributed by atoms with van der Waals surface area (Å²) in [5.41, 5.74) is 1.92. The van der Waals surface area contributed by atoms with Gasteiger partial charge >= 0.3 is 0 Å². The van der Waals surface area contributed by atoms with Crippen LogP contribution in [0.3, 0.4) is 0 Å². The van der Waals surface area contributed by atoms with E-state index in [0.29, 0.717) is 6.42 Å². The first-order valence-corrected chi connectivity index (χ1v) is 8.98. The number of hydrogen-bond donors (Lipinski definition) is 0. The van der Waals surface area contributed by atoms with Crippen LogP contribution in [0.5, 0.6) is 0 Å². The van der Waals surface area contributed by atoms with E-state index >= 15 is 0 Å². The van der Waals surface area contributed by atoms with E-state index < -0.39 is 0 Å². The molecular weight excluding hydrogens is 306 g/mol. The van der Waals surface area contributed by atoms with Crippen molar-refractivity contribution in [3.8, 4) is 0 Å². The average Bonchev–Trinajstić information content (AvgIpc) is 3.16. The van der Waals surface area contributed by atoms with Gasteiger partial charge in [-0.15, -0.1) is 11.3 Å². The molecule has 0 N–H and O–H groups in total. The van der Waals surface area contributed by atoms with E-state index in [1.807, 2.05) is 28.5 Å². The van der Waals surface area contributed by atoms with Gasteiger partial charge in [-0.1, -0.05) is 26.8 Å². The second-order valence-corrected chi connectivity index (χ2v) is 7.93. The molecule has 1 fully saturated rings. The molecule has 0 unspecified atom stereocenters. The van der Waals surface area contributed by atoms with Crippen molar-refractivity contribution in [2.75, 3.05) is 6.54 Å². The highest BCUT2D eigenvalue weighted by Crippen LogP contribution is 2.31. The predicted molar refractivity (Wildman–Crippen MR) is 92.4 cm³/mol. The molecule has 2 aromatic heterocycles. The van der Waals surface area contributed by atoms with E-state index in [1.165, 1.54) is 0 Å². The third kappa shape index (κ3) is 3.61. The highest BCUT2D eigenvalue weighted by Gasteiger charge is 2.31. The van der Waals surface area contributed by atoms with Crippen molar-refractivity contribution < 1.29 is 4.79 Å². The van der Waals surface area contributed by atoms with Crippen LogP contribution >= 0.6 is 11.3 Å². The van der Waals surface area contributed by atoms with E-state index in [0.717, 1.165) is 35.8 Å². The summed E-state index contributed by atoms with van der Waals surface area (Å²) in [4.78, 5) is 23.8. The molecule has 0 radical (unpaired) electrons. The van der Waals surface area contributed by atoms with Crippen LogP contribution in [0.2, 0.25) is 0 Å². The summed E-state index contributed by atoms with van der Waals surface area (Å²) >= 11 is 1.64. The summed E-state index contributed by atoms with van der Waals surface area (Å²) in [7, 11) is 0. The Labute approximate surface area is 141 Å². The van der Waals surface area contributed by atoms with Crippen molar-refractivity contribution in [2.24, 2.45) is 0 Å². The molecule has 1 aliphatic rings. The van der Waals surface area contributed by atoms with E-state index in [4.69, 9.17) is 0 Å². The number of pyridine rings is 1. The fraction of sp³-hybridized carbons (Fsp3) is 0.500. The minimum atomic E-state index is 0.0378. The van der Waals surface area contributed by atoms with Gasteiger partial charge in [-0.25, -0.2) is 4.98 Å². The highest BCUT2D eigenvalue weighted by molar-refractivity contribution is 7.09. The first-order chi connectivity index (χ1) is 10.9. The van der Waals surface area contributed by atoms with Crippen molar-refractivity contribution in [3.05, 3.63) is 46.2 Å². The highest BCUT2D eigenvalue weighted by atomic mass is 32.1. The second kappa shape index (κ2) is 6.40. The molecule has 0 saturated carbocycles. The predicted octanol–water partition coefficient (Wildman–Crippen LogP) is 3.74. The summed E-state index contributed by atoms with van der Waals surface area (Å²) in [6, 6.07) is 6.02. The van der Waals surface area contributed by atoms with E-state index in [1.54, 1.807) is 17.5 Å². The molecule has 1 aliphatic heterocycles. The molecule has 23 heavy (non-hydrogen) atoms. The Morgan fingerprint density at radius 1 is 1.39 bits per heavy atom. The normalized spacial score (nSPS) is 18.4. The Balaban J connectivity index is 1.71. The molecule has 1 amide bonds. The molecule has 1 saturated heterocycles. The van der Waals surface area contributed by atoms with E-state index in [9.17, 15) is 4.79 Å². The van der Waals surface area contributed by atoms with Gasteiger partial charge in [-0.3, -0.25) is 9.78 Å². The maximum atomic E-state index is 12.7. The monoisotopic (exact) mass is 329 g/mol. The Bertz CT molecular complexity index is 675. The summed E-state index contributed by atoms with van der Waals surface area (Å²) in [6.07, 6.45) is 4.21. The lowest BCUT2D eigenvalue weighted by Gasteiger charge is -2.24. The molecule has 5 heteroatoms. The van der Waals surface area contributed by atoms with Gasteiger partial charge in [0.25, 0.3) is 0 Å². The average molecular weight is 329 g/mol. The van der Waals surface area contributed by atoms with Crippen LogP contribution in [0.25, 0.3) is 0 Å². The number of likely N-dealkylation sites (tertiary alicyclic amines) is 1. The van der Waals surface area contributed by atoms with Crippen LogP contribution < -0.4 is 0 Å². The Kier molecular flexibility index (Phi) is 4.48. The SMILES string of the molecule is CC(C)(C)c1nc(CC(=O)N2CCC[C@@H]2c2ccccn2)cs1. The van der Waals surface area contributed by atoms with Crippen molar-refractivity contribution in [3.63, 3.8) is 0 Å². The number of nitrogens with zero attached hydrogens (tertiary/aromatic N) is 3. The number of carbonyl (C=O) groups excluding carboxylic acids is 1. The van der Waals surface area contributed by atoms with Crippen LogP contribution in [0, 0.1) is 0 Å². The molecular formula is C18H23N3OS. The number of aromatic nitrogens is 2. The standard InChI is InChI=1S/C18H23N3OS/c1-18(2,3)17-20-13(12-23-17)11-16(22)21-10-6-8-15(21)14-7-4-5-9-19-14/h4-5,7,9,12,15H,6,8,10-11H2,1-3H3/t15-/m1/s1. The summed E-state index contributed by atoms with van der Waals surface area (Å²) in [5, 5.41) is 3.10. The summed E-state index contributed by atoms with van der Waals surface area (Å²) < 4.78 is 0. The quantitative estimate of drug-likeness (QED) is 0.862. The van der Waals surface area contributed by atoms with Gasteiger partial charge in [0.15, 0.2) is 0 Å². The number of carbonyl (C=O) groups is 1. The van der Waals surface area contributed by atoms with Gasteiger partial charge in [-0.2, -0.15) is 0 Å². The fourth-order valence-corrected chi connectivity index (χ4v) is 3.84.